The Morgan fingerprint density at radius 3 is 2.59 bits per heavy atom. The summed E-state index contributed by atoms with van der Waals surface area (Å²) in [5, 5.41) is 3.72. The van der Waals surface area contributed by atoms with E-state index in [1.54, 1.807) is 13.0 Å². The van der Waals surface area contributed by atoms with Gasteiger partial charge in [0.1, 0.15) is 12.3 Å². The van der Waals surface area contributed by atoms with Crippen LogP contribution in [0.4, 0.5) is 0 Å². The summed E-state index contributed by atoms with van der Waals surface area (Å²) >= 11 is 0. The van der Waals surface area contributed by atoms with Crippen LogP contribution in [0.5, 0.6) is 0 Å². The van der Waals surface area contributed by atoms with Crippen LogP contribution in [-0.4, -0.2) is 35.6 Å². The van der Waals surface area contributed by atoms with Gasteiger partial charge in [-0.1, -0.05) is 29.4 Å². The summed E-state index contributed by atoms with van der Waals surface area (Å²) in [4.78, 5) is 25.5. The standard InChI is InChI=1S/C16H18N2O4/c1-11-6-4-5-7-13(11)9-18(10-15(19)21-3)16(20)14-8-12(2)22-17-14/h4-8H,9-10H2,1-3H3. The summed E-state index contributed by atoms with van der Waals surface area (Å²) in [6, 6.07) is 9.23. The average molecular weight is 302 g/mol. The Hall–Kier alpha value is -2.63. The van der Waals surface area contributed by atoms with Crippen LogP contribution < -0.4 is 0 Å². The highest BCUT2D eigenvalue weighted by Gasteiger charge is 2.22. The van der Waals surface area contributed by atoms with Gasteiger partial charge in [-0.2, -0.15) is 0 Å². The van der Waals surface area contributed by atoms with Gasteiger partial charge in [-0.05, 0) is 25.0 Å². The minimum atomic E-state index is -0.484. The lowest BCUT2D eigenvalue weighted by atomic mass is 10.1. The lowest BCUT2D eigenvalue weighted by Crippen LogP contribution is -2.36. The van der Waals surface area contributed by atoms with Crippen LogP contribution in [0.25, 0.3) is 0 Å². The first-order chi connectivity index (χ1) is 10.5. The van der Waals surface area contributed by atoms with Crippen molar-refractivity contribution in [2.45, 2.75) is 20.4 Å². The van der Waals surface area contributed by atoms with Crippen LogP contribution in [0.3, 0.4) is 0 Å². The molecule has 0 saturated heterocycles. The number of rotatable bonds is 5. The molecular weight excluding hydrogens is 284 g/mol. The molecule has 0 spiro atoms. The summed E-state index contributed by atoms with van der Waals surface area (Å²) in [7, 11) is 1.29. The fourth-order valence-electron chi connectivity index (χ4n) is 2.04. The summed E-state index contributed by atoms with van der Waals surface area (Å²) in [5.74, 6) is -0.315. The number of ether oxygens (including phenoxy) is 1. The van der Waals surface area contributed by atoms with E-state index in [2.05, 4.69) is 9.89 Å². The van der Waals surface area contributed by atoms with Crippen molar-refractivity contribution in [3.63, 3.8) is 0 Å². The van der Waals surface area contributed by atoms with Crippen molar-refractivity contribution in [2.24, 2.45) is 0 Å². The van der Waals surface area contributed by atoms with Gasteiger partial charge in [0.25, 0.3) is 5.91 Å². The van der Waals surface area contributed by atoms with Gasteiger partial charge in [0.15, 0.2) is 5.69 Å². The Morgan fingerprint density at radius 2 is 2.00 bits per heavy atom. The summed E-state index contributed by atoms with van der Waals surface area (Å²) in [5.41, 5.74) is 2.18. The zero-order chi connectivity index (χ0) is 16.1. The lowest BCUT2D eigenvalue weighted by molar-refractivity contribution is -0.141. The molecule has 2 aromatic rings. The Morgan fingerprint density at radius 1 is 1.27 bits per heavy atom. The second-order valence-electron chi connectivity index (χ2n) is 4.99. The van der Waals surface area contributed by atoms with Gasteiger partial charge in [0.05, 0.1) is 7.11 Å². The molecule has 0 aliphatic heterocycles. The summed E-state index contributed by atoms with van der Waals surface area (Å²) in [6.07, 6.45) is 0. The molecule has 0 unspecified atom stereocenters. The van der Waals surface area contributed by atoms with Crippen LogP contribution in [0, 0.1) is 13.8 Å². The number of nitrogens with zero attached hydrogens (tertiary/aromatic N) is 2. The molecular formula is C16H18N2O4. The fourth-order valence-corrected chi connectivity index (χ4v) is 2.04. The van der Waals surface area contributed by atoms with Crippen molar-refractivity contribution in [1.29, 1.82) is 0 Å². The van der Waals surface area contributed by atoms with Crippen molar-refractivity contribution < 1.29 is 18.8 Å². The van der Waals surface area contributed by atoms with Crippen molar-refractivity contribution in [3.05, 3.63) is 52.9 Å². The molecule has 0 saturated carbocycles. The van der Waals surface area contributed by atoms with E-state index < -0.39 is 5.97 Å². The highest BCUT2D eigenvalue weighted by atomic mass is 16.5. The molecule has 0 aliphatic rings. The van der Waals surface area contributed by atoms with E-state index in [4.69, 9.17) is 4.52 Å². The number of esters is 1. The van der Waals surface area contributed by atoms with Crippen molar-refractivity contribution in [1.82, 2.24) is 10.1 Å². The van der Waals surface area contributed by atoms with Crippen molar-refractivity contribution >= 4 is 11.9 Å². The highest BCUT2D eigenvalue weighted by Crippen LogP contribution is 2.14. The maximum absolute atomic E-state index is 12.5. The normalized spacial score (nSPS) is 10.3. The van der Waals surface area contributed by atoms with Gasteiger partial charge in [-0.15, -0.1) is 0 Å². The van der Waals surface area contributed by atoms with Crippen molar-refractivity contribution in [2.75, 3.05) is 13.7 Å². The monoisotopic (exact) mass is 302 g/mol. The first kappa shape index (κ1) is 15.8. The first-order valence-electron chi connectivity index (χ1n) is 6.85. The molecule has 0 N–H and O–H groups in total. The number of hydrogen-bond acceptors (Lipinski definition) is 5. The molecule has 0 fully saturated rings. The summed E-state index contributed by atoms with van der Waals surface area (Å²) < 4.78 is 9.59. The number of methoxy groups -OCH3 is 1. The topological polar surface area (TPSA) is 72.6 Å². The van der Waals surface area contributed by atoms with E-state index in [0.29, 0.717) is 12.3 Å². The smallest absolute Gasteiger partial charge is 0.325 e. The van der Waals surface area contributed by atoms with E-state index in [1.807, 2.05) is 31.2 Å². The maximum atomic E-state index is 12.5. The first-order valence-corrected chi connectivity index (χ1v) is 6.85. The third-order valence-electron chi connectivity index (χ3n) is 3.30. The van der Waals surface area contributed by atoms with E-state index >= 15 is 0 Å². The predicted octanol–water partition coefficient (Wildman–Crippen LogP) is 2.11. The second kappa shape index (κ2) is 6.89. The minimum absolute atomic E-state index is 0.143. The predicted molar refractivity (Wildman–Crippen MR) is 79.2 cm³/mol. The van der Waals surface area contributed by atoms with Crippen LogP contribution in [0.2, 0.25) is 0 Å². The molecule has 0 atom stereocenters. The van der Waals surface area contributed by atoms with Crippen LogP contribution in [-0.2, 0) is 16.1 Å². The number of aromatic nitrogens is 1. The molecule has 0 radical (unpaired) electrons. The quantitative estimate of drug-likeness (QED) is 0.791. The van der Waals surface area contributed by atoms with Gasteiger partial charge < -0.3 is 14.2 Å². The number of amides is 1. The summed E-state index contributed by atoms with van der Waals surface area (Å²) in [6.45, 7) is 3.81. The van der Waals surface area contributed by atoms with E-state index in [9.17, 15) is 9.59 Å². The number of carbonyl (C=O) groups excluding carboxylic acids is 2. The van der Waals surface area contributed by atoms with E-state index in [1.165, 1.54) is 12.0 Å². The zero-order valence-electron chi connectivity index (χ0n) is 12.8. The van der Waals surface area contributed by atoms with Gasteiger partial charge in [0, 0.05) is 12.6 Å². The molecule has 22 heavy (non-hydrogen) atoms. The molecule has 1 aromatic carbocycles. The molecule has 6 nitrogen and oxygen atoms in total. The maximum Gasteiger partial charge on any atom is 0.325 e. The molecule has 116 valence electrons. The number of aryl methyl sites for hydroxylation is 2. The fraction of sp³-hybridized carbons (Fsp3) is 0.312. The molecule has 0 bridgehead atoms. The van der Waals surface area contributed by atoms with Gasteiger partial charge in [-0.3, -0.25) is 9.59 Å². The van der Waals surface area contributed by atoms with Crippen LogP contribution in [0.15, 0.2) is 34.9 Å². The molecule has 1 aromatic heterocycles. The Balaban J connectivity index is 2.24. The molecule has 0 aliphatic carbocycles. The number of carbonyl (C=O) groups is 2. The molecule has 6 heteroatoms. The molecule has 2 rings (SSSR count). The SMILES string of the molecule is COC(=O)CN(Cc1ccccc1C)C(=O)c1cc(C)on1. The zero-order valence-corrected chi connectivity index (χ0v) is 12.8. The van der Waals surface area contributed by atoms with E-state index in [0.717, 1.165) is 11.1 Å². The highest BCUT2D eigenvalue weighted by molar-refractivity contribution is 5.94. The van der Waals surface area contributed by atoms with Crippen molar-refractivity contribution in [3.8, 4) is 0 Å². The third kappa shape index (κ3) is 3.72. The Kier molecular flexibility index (Phi) is 4.93. The Bertz CT molecular complexity index is 678. The largest absolute Gasteiger partial charge is 0.468 e. The van der Waals surface area contributed by atoms with Gasteiger partial charge in [0.2, 0.25) is 0 Å². The lowest BCUT2D eigenvalue weighted by Gasteiger charge is -2.21. The van der Waals surface area contributed by atoms with E-state index in [-0.39, 0.29) is 18.1 Å². The number of benzene rings is 1. The Labute approximate surface area is 128 Å². The molecule has 1 amide bonds. The van der Waals surface area contributed by atoms with Gasteiger partial charge in [-0.25, -0.2) is 0 Å². The minimum Gasteiger partial charge on any atom is -0.468 e. The molecule has 1 heterocycles. The van der Waals surface area contributed by atoms with Crippen LogP contribution >= 0.6 is 0 Å². The van der Waals surface area contributed by atoms with Gasteiger partial charge >= 0.3 is 5.97 Å². The average Bonchev–Trinajstić information content (AvgIpc) is 2.94. The second-order valence-corrected chi connectivity index (χ2v) is 4.99. The number of hydrogen-bond donors (Lipinski definition) is 0. The van der Waals surface area contributed by atoms with Crippen LogP contribution in [0.1, 0.15) is 27.4 Å². The third-order valence-corrected chi connectivity index (χ3v) is 3.30.